The molecule has 0 aromatic carbocycles. The molecule has 0 radical (unpaired) electrons. The minimum Gasteiger partial charge on any atom is -0.366 e. The van der Waals surface area contributed by atoms with Crippen LogP contribution in [0.5, 0.6) is 0 Å². The Labute approximate surface area is 85.1 Å². The molecule has 0 aliphatic heterocycles. The number of nitrogens with two attached hydrogens (primary N) is 2. The monoisotopic (exact) mass is 213 g/mol. The lowest BCUT2D eigenvalue weighted by molar-refractivity contribution is -0.117. The van der Waals surface area contributed by atoms with Gasteiger partial charge in [0.2, 0.25) is 5.91 Å². The van der Waals surface area contributed by atoms with Crippen LogP contribution in [0.15, 0.2) is 11.4 Å². The van der Waals surface area contributed by atoms with Crippen molar-refractivity contribution in [3.05, 3.63) is 17.0 Å². The first-order valence-electron chi connectivity index (χ1n) is 3.96. The summed E-state index contributed by atoms with van der Waals surface area (Å²) >= 11 is 1.24. The Morgan fingerprint density at radius 2 is 2.21 bits per heavy atom. The molecule has 14 heavy (non-hydrogen) atoms. The first kappa shape index (κ1) is 10.7. The smallest absolute Gasteiger partial charge is 0.251 e. The summed E-state index contributed by atoms with van der Waals surface area (Å²) in [5, 5.41) is 4.65. The molecule has 2 amide bonds. The lowest BCUT2D eigenvalue weighted by atomic mass is 10.3. The van der Waals surface area contributed by atoms with Crippen molar-refractivity contribution in [3.63, 3.8) is 0 Å². The summed E-state index contributed by atoms with van der Waals surface area (Å²) in [7, 11) is 0. The zero-order chi connectivity index (χ0) is 10.7. The Morgan fingerprint density at radius 1 is 1.57 bits per heavy atom. The van der Waals surface area contributed by atoms with E-state index in [9.17, 15) is 9.59 Å². The van der Waals surface area contributed by atoms with Gasteiger partial charge in [0, 0.05) is 0 Å². The maximum atomic E-state index is 11.2. The van der Waals surface area contributed by atoms with Crippen LogP contribution in [0.1, 0.15) is 17.3 Å². The zero-order valence-electron chi connectivity index (χ0n) is 7.61. The molecule has 0 saturated carbocycles. The molecule has 76 valence electrons. The lowest BCUT2D eigenvalue weighted by Crippen LogP contribution is -2.32. The highest BCUT2D eigenvalue weighted by Crippen LogP contribution is 2.22. The fraction of sp³-hybridized carbons (Fsp3) is 0.250. The van der Waals surface area contributed by atoms with Crippen LogP contribution in [0.4, 0.5) is 5.00 Å². The van der Waals surface area contributed by atoms with Crippen molar-refractivity contribution in [1.82, 2.24) is 0 Å². The molecule has 1 unspecified atom stereocenters. The Hall–Kier alpha value is -1.40. The number of hydrogen-bond acceptors (Lipinski definition) is 4. The van der Waals surface area contributed by atoms with Crippen LogP contribution in [0.25, 0.3) is 0 Å². The van der Waals surface area contributed by atoms with Crippen molar-refractivity contribution in [3.8, 4) is 0 Å². The highest BCUT2D eigenvalue weighted by atomic mass is 32.1. The number of rotatable bonds is 3. The molecule has 1 heterocycles. The van der Waals surface area contributed by atoms with E-state index in [1.165, 1.54) is 11.3 Å². The third-order valence-corrected chi connectivity index (χ3v) is 2.41. The van der Waals surface area contributed by atoms with E-state index in [1.54, 1.807) is 18.4 Å². The normalized spacial score (nSPS) is 12.1. The summed E-state index contributed by atoms with van der Waals surface area (Å²) in [5.41, 5.74) is 10.8. The van der Waals surface area contributed by atoms with Crippen LogP contribution in [0.3, 0.4) is 0 Å². The van der Waals surface area contributed by atoms with Crippen molar-refractivity contribution in [1.29, 1.82) is 0 Å². The third-order valence-electron chi connectivity index (χ3n) is 1.58. The van der Waals surface area contributed by atoms with Crippen LogP contribution in [-0.2, 0) is 4.79 Å². The average molecular weight is 213 g/mol. The molecule has 0 saturated heterocycles. The average Bonchev–Trinajstić information content (AvgIpc) is 2.52. The van der Waals surface area contributed by atoms with Gasteiger partial charge < -0.3 is 16.8 Å². The minimum atomic E-state index is -0.613. The molecule has 5 N–H and O–H groups in total. The summed E-state index contributed by atoms with van der Waals surface area (Å²) in [6.45, 7) is 1.56. The largest absolute Gasteiger partial charge is 0.366 e. The van der Waals surface area contributed by atoms with Gasteiger partial charge >= 0.3 is 0 Å². The second-order valence-corrected chi connectivity index (χ2v) is 3.72. The molecule has 6 heteroatoms. The van der Waals surface area contributed by atoms with Crippen LogP contribution in [0.2, 0.25) is 0 Å². The molecule has 1 rings (SSSR count). The summed E-state index contributed by atoms with van der Waals surface area (Å²) in [6, 6.07) is 0.946. The molecule has 0 fully saturated rings. The van der Waals surface area contributed by atoms with Crippen molar-refractivity contribution in [2.75, 3.05) is 5.32 Å². The van der Waals surface area contributed by atoms with E-state index in [4.69, 9.17) is 11.5 Å². The summed E-state index contributed by atoms with van der Waals surface area (Å²) in [5.74, 6) is -0.902. The third kappa shape index (κ3) is 2.30. The van der Waals surface area contributed by atoms with Crippen LogP contribution in [-0.4, -0.2) is 17.9 Å². The number of thiophene rings is 1. The Balaban J connectivity index is 2.82. The van der Waals surface area contributed by atoms with Gasteiger partial charge in [-0.2, -0.15) is 0 Å². The van der Waals surface area contributed by atoms with Gasteiger partial charge in [-0.25, -0.2) is 0 Å². The van der Waals surface area contributed by atoms with Gasteiger partial charge in [-0.1, -0.05) is 0 Å². The van der Waals surface area contributed by atoms with Gasteiger partial charge in [0.15, 0.2) is 0 Å². The quantitative estimate of drug-likeness (QED) is 0.665. The van der Waals surface area contributed by atoms with Crippen molar-refractivity contribution < 1.29 is 9.59 Å². The molecule has 0 spiro atoms. The topological polar surface area (TPSA) is 98.2 Å². The molecule has 1 atom stereocenters. The molecule has 0 bridgehead atoms. The maximum Gasteiger partial charge on any atom is 0.251 e. The van der Waals surface area contributed by atoms with E-state index >= 15 is 0 Å². The predicted octanol–water partition coefficient (Wildman–Crippen LogP) is 0.133. The number of carbonyl (C=O) groups is 2. The SMILES string of the molecule is CC(N)C(=O)Nc1sccc1C(N)=O. The van der Waals surface area contributed by atoms with E-state index < -0.39 is 11.9 Å². The van der Waals surface area contributed by atoms with Crippen molar-refractivity contribution >= 4 is 28.2 Å². The molecule has 0 aliphatic carbocycles. The van der Waals surface area contributed by atoms with E-state index in [0.717, 1.165) is 0 Å². The van der Waals surface area contributed by atoms with E-state index in [-0.39, 0.29) is 5.91 Å². The number of primary amides is 1. The van der Waals surface area contributed by atoms with Gasteiger partial charge in [0.25, 0.3) is 5.91 Å². The summed E-state index contributed by atoms with van der Waals surface area (Å²) in [6.07, 6.45) is 0. The van der Waals surface area contributed by atoms with Crippen LogP contribution >= 0.6 is 11.3 Å². The molecule has 5 nitrogen and oxygen atoms in total. The van der Waals surface area contributed by atoms with Gasteiger partial charge in [0.1, 0.15) is 5.00 Å². The van der Waals surface area contributed by atoms with Crippen LogP contribution in [0, 0.1) is 0 Å². The first-order chi connectivity index (χ1) is 6.52. The standard InChI is InChI=1S/C8H11N3O2S/c1-4(9)7(13)11-8-5(6(10)12)2-3-14-8/h2-4H,9H2,1H3,(H2,10,12)(H,11,13). The molecule has 0 aliphatic rings. The Bertz CT molecular complexity index is 359. The highest BCUT2D eigenvalue weighted by Gasteiger charge is 2.14. The second-order valence-electron chi connectivity index (χ2n) is 2.81. The number of nitrogens with one attached hydrogen (secondary N) is 1. The summed E-state index contributed by atoms with van der Waals surface area (Å²) in [4.78, 5) is 22.1. The summed E-state index contributed by atoms with van der Waals surface area (Å²) < 4.78 is 0. The fourth-order valence-electron chi connectivity index (χ4n) is 0.826. The minimum absolute atomic E-state index is 0.309. The van der Waals surface area contributed by atoms with E-state index in [2.05, 4.69) is 5.32 Å². The first-order valence-corrected chi connectivity index (χ1v) is 4.84. The zero-order valence-corrected chi connectivity index (χ0v) is 8.43. The molecular formula is C8H11N3O2S. The molecular weight excluding hydrogens is 202 g/mol. The van der Waals surface area contributed by atoms with Gasteiger partial charge in [0.05, 0.1) is 11.6 Å². The van der Waals surface area contributed by atoms with E-state index in [1.807, 2.05) is 0 Å². The Kier molecular flexibility index (Phi) is 3.21. The Morgan fingerprint density at radius 3 is 2.71 bits per heavy atom. The van der Waals surface area contributed by atoms with Gasteiger partial charge in [-0.15, -0.1) is 11.3 Å². The predicted molar refractivity (Wildman–Crippen MR) is 55.1 cm³/mol. The van der Waals surface area contributed by atoms with Crippen LogP contribution < -0.4 is 16.8 Å². The lowest BCUT2D eigenvalue weighted by Gasteiger charge is -2.06. The number of hydrogen-bond donors (Lipinski definition) is 3. The number of anilines is 1. The highest BCUT2D eigenvalue weighted by molar-refractivity contribution is 7.14. The van der Waals surface area contributed by atoms with E-state index in [0.29, 0.717) is 10.6 Å². The molecule has 1 aromatic heterocycles. The maximum absolute atomic E-state index is 11.2. The number of carbonyl (C=O) groups excluding carboxylic acids is 2. The second kappa shape index (κ2) is 4.21. The fourth-order valence-corrected chi connectivity index (χ4v) is 1.62. The van der Waals surface area contributed by atoms with Crippen molar-refractivity contribution in [2.24, 2.45) is 11.5 Å². The number of amides is 2. The molecule has 1 aromatic rings. The van der Waals surface area contributed by atoms with Crippen molar-refractivity contribution in [2.45, 2.75) is 13.0 Å². The van der Waals surface area contributed by atoms with Gasteiger partial charge in [-0.05, 0) is 18.4 Å². The van der Waals surface area contributed by atoms with Gasteiger partial charge in [-0.3, -0.25) is 9.59 Å².